The lowest BCUT2D eigenvalue weighted by Crippen LogP contribution is -2.05. The molecule has 1 unspecified atom stereocenters. The fraction of sp³-hybridized carbons (Fsp3) is 0.667. The lowest BCUT2D eigenvalue weighted by atomic mass is 10.2. The molecule has 0 amide bonds. The molecule has 1 aromatic heterocycles. The van der Waals surface area contributed by atoms with E-state index in [4.69, 9.17) is 9.26 Å². The molecule has 1 saturated heterocycles. The van der Waals surface area contributed by atoms with Gasteiger partial charge in [-0.25, -0.2) is 0 Å². The molecule has 1 atom stereocenters. The van der Waals surface area contributed by atoms with Crippen LogP contribution in [0.25, 0.3) is 0 Å². The summed E-state index contributed by atoms with van der Waals surface area (Å²) in [6.07, 6.45) is 1.83. The summed E-state index contributed by atoms with van der Waals surface area (Å²) in [4.78, 5) is 15.0. The van der Waals surface area contributed by atoms with Crippen molar-refractivity contribution in [1.82, 2.24) is 10.1 Å². The van der Waals surface area contributed by atoms with Crippen LogP contribution in [0.2, 0.25) is 0 Å². The minimum Gasteiger partial charge on any atom is -0.469 e. The van der Waals surface area contributed by atoms with E-state index in [0.29, 0.717) is 5.82 Å². The van der Waals surface area contributed by atoms with Gasteiger partial charge in [-0.05, 0) is 12.8 Å². The Morgan fingerprint density at radius 2 is 2.53 bits per heavy atom. The molecule has 6 heteroatoms. The van der Waals surface area contributed by atoms with Crippen LogP contribution in [-0.4, -0.2) is 29.8 Å². The van der Waals surface area contributed by atoms with E-state index in [-0.39, 0.29) is 18.4 Å². The van der Waals surface area contributed by atoms with Gasteiger partial charge in [0.25, 0.3) is 0 Å². The third-order valence-corrected chi connectivity index (χ3v) is 2.22. The average Bonchev–Trinajstić information content (AvgIpc) is 2.85. The maximum absolute atomic E-state index is 10.9. The number of ether oxygens (including phenoxy) is 2. The molecule has 1 fully saturated rings. The molecular formula is C9H12N2O4. The first-order valence-electron chi connectivity index (χ1n) is 4.80. The van der Waals surface area contributed by atoms with E-state index in [2.05, 4.69) is 14.9 Å². The molecule has 1 aliphatic rings. The highest BCUT2D eigenvalue weighted by Crippen LogP contribution is 2.25. The molecule has 2 heterocycles. The lowest BCUT2D eigenvalue weighted by molar-refractivity contribution is -0.140. The zero-order valence-electron chi connectivity index (χ0n) is 8.43. The second kappa shape index (κ2) is 4.39. The first kappa shape index (κ1) is 10.1. The highest BCUT2D eigenvalue weighted by atomic mass is 16.5. The van der Waals surface area contributed by atoms with Gasteiger partial charge in [-0.2, -0.15) is 4.98 Å². The van der Waals surface area contributed by atoms with Crippen LogP contribution in [0, 0.1) is 0 Å². The number of hydrogen-bond donors (Lipinski definition) is 0. The average molecular weight is 212 g/mol. The minimum absolute atomic E-state index is 0.0101. The Morgan fingerprint density at radius 3 is 3.20 bits per heavy atom. The summed E-state index contributed by atoms with van der Waals surface area (Å²) < 4.78 is 14.8. The number of carbonyl (C=O) groups excluding carboxylic acids is 1. The van der Waals surface area contributed by atoms with E-state index in [0.717, 1.165) is 19.4 Å². The standard InChI is InChI=1S/C9H12N2O4/c1-13-8(12)5-7-10-9(11-15-7)6-3-2-4-14-6/h6H,2-5H2,1H3. The zero-order valence-corrected chi connectivity index (χ0v) is 8.43. The van der Waals surface area contributed by atoms with Crippen molar-refractivity contribution in [2.24, 2.45) is 0 Å². The van der Waals surface area contributed by atoms with Gasteiger partial charge in [0.2, 0.25) is 11.7 Å². The van der Waals surface area contributed by atoms with Crippen LogP contribution in [-0.2, 0) is 20.7 Å². The van der Waals surface area contributed by atoms with Crippen LogP contribution in [0.5, 0.6) is 0 Å². The molecule has 2 rings (SSSR count). The highest BCUT2D eigenvalue weighted by Gasteiger charge is 2.23. The number of carbonyl (C=O) groups is 1. The number of hydrogen-bond acceptors (Lipinski definition) is 6. The van der Waals surface area contributed by atoms with Gasteiger partial charge in [-0.15, -0.1) is 0 Å². The van der Waals surface area contributed by atoms with Crippen LogP contribution in [0.3, 0.4) is 0 Å². The first-order valence-corrected chi connectivity index (χ1v) is 4.80. The van der Waals surface area contributed by atoms with E-state index < -0.39 is 5.97 Å². The molecule has 0 bridgehead atoms. The van der Waals surface area contributed by atoms with Crippen molar-refractivity contribution in [3.8, 4) is 0 Å². The molecule has 0 aliphatic carbocycles. The number of nitrogens with zero attached hydrogens (tertiary/aromatic N) is 2. The van der Waals surface area contributed by atoms with Crippen molar-refractivity contribution in [2.45, 2.75) is 25.4 Å². The van der Waals surface area contributed by atoms with Crippen LogP contribution < -0.4 is 0 Å². The second-order valence-electron chi connectivity index (χ2n) is 3.30. The number of methoxy groups -OCH3 is 1. The Kier molecular flexibility index (Phi) is 2.96. The fourth-order valence-electron chi connectivity index (χ4n) is 1.45. The zero-order chi connectivity index (χ0) is 10.7. The SMILES string of the molecule is COC(=O)Cc1nc(C2CCCO2)no1. The molecular weight excluding hydrogens is 200 g/mol. The molecule has 0 saturated carbocycles. The van der Waals surface area contributed by atoms with Crippen LogP contribution >= 0.6 is 0 Å². The predicted octanol–water partition coefficient (Wildman–Crippen LogP) is 0.637. The summed E-state index contributed by atoms with van der Waals surface area (Å²) in [6, 6.07) is 0. The van der Waals surface area contributed by atoms with Crippen molar-refractivity contribution in [2.75, 3.05) is 13.7 Å². The van der Waals surface area contributed by atoms with Gasteiger partial charge < -0.3 is 14.0 Å². The minimum atomic E-state index is -0.391. The summed E-state index contributed by atoms with van der Waals surface area (Å²) in [7, 11) is 1.32. The monoisotopic (exact) mass is 212 g/mol. The van der Waals surface area contributed by atoms with E-state index >= 15 is 0 Å². The number of aromatic nitrogens is 2. The van der Waals surface area contributed by atoms with Gasteiger partial charge in [0, 0.05) is 6.61 Å². The largest absolute Gasteiger partial charge is 0.469 e. The van der Waals surface area contributed by atoms with Crippen molar-refractivity contribution >= 4 is 5.97 Å². The molecule has 15 heavy (non-hydrogen) atoms. The van der Waals surface area contributed by atoms with Gasteiger partial charge in [-0.3, -0.25) is 4.79 Å². The highest BCUT2D eigenvalue weighted by molar-refractivity contribution is 5.70. The summed E-state index contributed by atoms with van der Waals surface area (Å²) in [5, 5.41) is 3.77. The van der Waals surface area contributed by atoms with Gasteiger partial charge in [0.1, 0.15) is 12.5 Å². The Balaban J connectivity index is 2.00. The Hall–Kier alpha value is -1.43. The van der Waals surface area contributed by atoms with E-state index in [9.17, 15) is 4.79 Å². The Bertz CT molecular complexity index is 344. The van der Waals surface area contributed by atoms with Crippen molar-refractivity contribution in [3.63, 3.8) is 0 Å². The summed E-state index contributed by atoms with van der Waals surface area (Å²) in [5.74, 6) is 0.399. The van der Waals surface area contributed by atoms with E-state index in [1.807, 2.05) is 0 Å². The van der Waals surface area contributed by atoms with Gasteiger partial charge in [-0.1, -0.05) is 5.16 Å². The number of esters is 1. The van der Waals surface area contributed by atoms with Gasteiger partial charge in [0.05, 0.1) is 7.11 Å². The summed E-state index contributed by atoms with van der Waals surface area (Å²) in [6.45, 7) is 0.728. The molecule has 1 aliphatic heterocycles. The number of rotatable bonds is 3. The molecule has 82 valence electrons. The molecule has 0 radical (unpaired) electrons. The second-order valence-corrected chi connectivity index (χ2v) is 3.30. The Morgan fingerprint density at radius 1 is 1.67 bits per heavy atom. The molecule has 6 nitrogen and oxygen atoms in total. The maximum Gasteiger partial charge on any atom is 0.315 e. The van der Waals surface area contributed by atoms with Crippen LogP contribution in [0.1, 0.15) is 30.7 Å². The molecule has 1 aromatic rings. The van der Waals surface area contributed by atoms with Crippen molar-refractivity contribution in [3.05, 3.63) is 11.7 Å². The van der Waals surface area contributed by atoms with E-state index in [1.54, 1.807) is 0 Å². The molecule has 0 N–H and O–H groups in total. The van der Waals surface area contributed by atoms with Crippen molar-refractivity contribution in [1.29, 1.82) is 0 Å². The molecule has 0 aromatic carbocycles. The quantitative estimate of drug-likeness (QED) is 0.684. The smallest absolute Gasteiger partial charge is 0.315 e. The van der Waals surface area contributed by atoms with E-state index in [1.165, 1.54) is 7.11 Å². The van der Waals surface area contributed by atoms with Crippen molar-refractivity contribution < 1.29 is 18.8 Å². The van der Waals surface area contributed by atoms with Crippen LogP contribution in [0.15, 0.2) is 4.52 Å². The predicted molar refractivity (Wildman–Crippen MR) is 47.9 cm³/mol. The molecule has 0 spiro atoms. The topological polar surface area (TPSA) is 74.5 Å². The summed E-state index contributed by atoms with van der Waals surface area (Å²) >= 11 is 0. The normalized spacial score (nSPS) is 20.5. The third-order valence-electron chi connectivity index (χ3n) is 2.22. The maximum atomic E-state index is 10.9. The first-order chi connectivity index (χ1) is 7.29. The Labute approximate surface area is 86.6 Å². The fourth-order valence-corrected chi connectivity index (χ4v) is 1.45. The third kappa shape index (κ3) is 2.33. The lowest BCUT2D eigenvalue weighted by Gasteiger charge is -2.00. The van der Waals surface area contributed by atoms with Gasteiger partial charge in [0.15, 0.2) is 0 Å². The summed E-state index contributed by atoms with van der Waals surface area (Å²) in [5.41, 5.74) is 0. The van der Waals surface area contributed by atoms with Crippen LogP contribution in [0.4, 0.5) is 0 Å². The van der Waals surface area contributed by atoms with Gasteiger partial charge >= 0.3 is 5.97 Å².